The largest absolute Gasteiger partial charge is 0.394 e. The molecule has 180 valence electrons. The standard InChI is InChI=1S/C22H24N4O8/c23-6-9-26-21(33)12-3-1-2-11-14(5-4-13(16(11)12)22(26)34)24-7-8-25-20(32)19(31)18(30)17(29)15(28)10-27/h1-5,15,17-19,24,27-31H,7-10H2,(H,25,32). The molecule has 4 atom stereocenters. The van der Waals surface area contributed by atoms with Gasteiger partial charge in [0.05, 0.1) is 12.7 Å². The molecule has 0 saturated heterocycles. The Labute approximate surface area is 193 Å². The highest BCUT2D eigenvalue weighted by molar-refractivity contribution is 6.26. The second-order valence-electron chi connectivity index (χ2n) is 7.64. The summed E-state index contributed by atoms with van der Waals surface area (Å²) in [7, 11) is 0. The second-order valence-corrected chi connectivity index (χ2v) is 7.64. The van der Waals surface area contributed by atoms with E-state index in [1.165, 1.54) is 0 Å². The predicted molar refractivity (Wildman–Crippen MR) is 118 cm³/mol. The summed E-state index contributed by atoms with van der Waals surface area (Å²) in [6.07, 6.45) is -7.69. The Morgan fingerprint density at radius 1 is 1.00 bits per heavy atom. The average molecular weight is 472 g/mol. The van der Waals surface area contributed by atoms with Gasteiger partial charge in [0, 0.05) is 40.7 Å². The summed E-state index contributed by atoms with van der Waals surface area (Å²) in [5, 5.41) is 62.7. The van der Waals surface area contributed by atoms with Crippen LogP contribution in [0.15, 0.2) is 30.3 Å². The molecule has 12 heteroatoms. The number of hydrogen-bond acceptors (Lipinski definition) is 10. The molecule has 4 unspecified atom stereocenters. The maximum absolute atomic E-state index is 12.7. The van der Waals surface area contributed by atoms with Crippen LogP contribution in [0, 0.1) is 11.3 Å². The fourth-order valence-electron chi connectivity index (χ4n) is 3.68. The van der Waals surface area contributed by atoms with E-state index in [4.69, 9.17) is 10.4 Å². The molecule has 2 aromatic carbocycles. The number of rotatable bonds is 10. The maximum Gasteiger partial charge on any atom is 0.262 e. The van der Waals surface area contributed by atoms with Crippen molar-refractivity contribution in [1.82, 2.24) is 10.2 Å². The van der Waals surface area contributed by atoms with Crippen LogP contribution < -0.4 is 10.6 Å². The molecule has 34 heavy (non-hydrogen) atoms. The highest BCUT2D eigenvalue weighted by atomic mass is 16.4. The van der Waals surface area contributed by atoms with Gasteiger partial charge in [-0.3, -0.25) is 19.3 Å². The Balaban J connectivity index is 1.67. The molecule has 12 nitrogen and oxygen atoms in total. The molecule has 1 heterocycles. The van der Waals surface area contributed by atoms with Crippen LogP contribution in [0.2, 0.25) is 0 Å². The number of imide groups is 1. The molecule has 0 aromatic heterocycles. The highest BCUT2D eigenvalue weighted by Gasteiger charge is 2.34. The van der Waals surface area contributed by atoms with Crippen LogP contribution in [0.5, 0.6) is 0 Å². The van der Waals surface area contributed by atoms with Crippen LogP contribution in [-0.2, 0) is 4.79 Å². The molecule has 0 radical (unpaired) electrons. The molecule has 0 bridgehead atoms. The van der Waals surface area contributed by atoms with Crippen molar-refractivity contribution < 1.29 is 39.9 Å². The molecule has 0 aliphatic carbocycles. The first kappa shape index (κ1) is 25.0. The van der Waals surface area contributed by atoms with Crippen molar-refractivity contribution in [3.8, 4) is 6.07 Å². The van der Waals surface area contributed by atoms with E-state index >= 15 is 0 Å². The van der Waals surface area contributed by atoms with Gasteiger partial charge in [-0.2, -0.15) is 5.26 Å². The Morgan fingerprint density at radius 2 is 1.68 bits per heavy atom. The number of nitrogens with one attached hydrogen (secondary N) is 2. The van der Waals surface area contributed by atoms with E-state index in [0.717, 1.165) is 4.90 Å². The Kier molecular flexibility index (Phi) is 7.77. The zero-order valence-corrected chi connectivity index (χ0v) is 17.9. The predicted octanol–water partition coefficient (Wildman–Crippen LogP) is -2.08. The summed E-state index contributed by atoms with van der Waals surface area (Å²) in [6, 6.07) is 9.93. The fourth-order valence-corrected chi connectivity index (χ4v) is 3.68. The van der Waals surface area contributed by atoms with Crippen molar-refractivity contribution >= 4 is 34.2 Å². The van der Waals surface area contributed by atoms with Crippen LogP contribution >= 0.6 is 0 Å². The van der Waals surface area contributed by atoms with E-state index in [1.807, 2.05) is 6.07 Å². The molecule has 1 aliphatic heterocycles. The normalized spacial score (nSPS) is 16.5. The number of aliphatic hydroxyl groups excluding tert-OH is 5. The number of amides is 3. The SMILES string of the molecule is N#CCN1C(=O)c2cccc3c(NCCNC(=O)C(O)C(O)C(O)C(O)CO)ccc(c23)C1=O. The lowest BCUT2D eigenvalue weighted by atomic mass is 9.93. The number of carbonyl (C=O) groups excluding carboxylic acids is 3. The second kappa shape index (κ2) is 10.6. The van der Waals surface area contributed by atoms with Gasteiger partial charge >= 0.3 is 0 Å². The lowest BCUT2D eigenvalue weighted by Gasteiger charge is -2.26. The molecular formula is C22H24N4O8. The first-order valence-electron chi connectivity index (χ1n) is 10.4. The Hall–Kier alpha value is -3.60. The number of hydrogen-bond donors (Lipinski definition) is 7. The topological polar surface area (TPSA) is 203 Å². The minimum Gasteiger partial charge on any atom is -0.394 e. The average Bonchev–Trinajstić information content (AvgIpc) is 2.85. The number of anilines is 1. The number of carbonyl (C=O) groups is 3. The van der Waals surface area contributed by atoms with Gasteiger partial charge in [0.2, 0.25) is 0 Å². The summed E-state index contributed by atoms with van der Waals surface area (Å²) < 4.78 is 0. The third-order valence-electron chi connectivity index (χ3n) is 5.48. The third kappa shape index (κ3) is 4.69. The Bertz CT molecular complexity index is 1130. The number of benzene rings is 2. The van der Waals surface area contributed by atoms with E-state index in [-0.39, 0.29) is 19.6 Å². The molecule has 1 aliphatic rings. The van der Waals surface area contributed by atoms with Crippen molar-refractivity contribution in [2.24, 2.45) is 0 Å². The summed E-state index contributed by atoms with van der Waals surface area (Å²) in [4.78, 5) is 38.2. The fraction of sp³-hybridized carbons (Fsp3) is 0.364. The summed E-state index contributed by atoms with van der Waals surface area (Å²) >= 11 is 0. The third-order valence-corrected chi connectivity index (χ3v) is 5.48. The number of aliphatic hydroxyl groups is 5. The van der Waals surface area contributed by atoms with Gasteiger partial charge < -0.3 is 36.2 Å². The van der Waals surface area contributed by atoms with Crippen molar-refractivity contribution in [2.45, 2.75) is 24.4 Å². The van der Waals surface area contributed by atoms with Crippen LogP contribution in [0.3, 0.4) is 0 Å². The van der Waals surface area contributed by atoms with E-state index in [0.29, 0.717) is 27.6 Å². The van der Waals surface area contributed by atoms with Crippen LogP contribution in [0.1, 0.15) is 20.7 Å². The smallest absolute Gasteiger partial charge is 0.262 e. The molecule has 3 amide bonds. The lowest BCUT2D eigenvalue weighted by molar-refractivity contribution is -0.148. The van der Waals surface area contributed by atoms with Gasteiger partial charge in [0.25, 0.3) is 17.7 Å². The van der Waals surface area contributed by atoms with E-state index in [9.17, 15) is 34.8 Å². The van der Waals surface area contributed by atoms with Gasteiger partial charge in [0.1, 0.15) is 24.9 Å². The van der Waals surface area contributed by atoms with Crippen LogP contribution in [0.25, 0.3) is 10.8 Å². The van der Waals surface area contributed by atoms with Gasteiger partial charge in [-0.15, -0.1) is 0 Å². The minimum atomic E-state index is -2.04. The monoisotopic (exact) mass is 472 g/mol. The Morgan fingerprint density at radius 3 is 2.32 bits per heavy atom. The zero-order valence-electron chi connectivity index (χ0n) is 17.9. The van der Waals surface area contributed by atoms with E-state index < -0.39 is 48.7 Å². The van der Waals surface area contributed by atoms with E-state index in [2.05, 4.69) is 10.6 Å². The quantitative estimate of drug-likeness (QED) is 0.114. The minimum absolute atomic E-state index is 0.00198. The summed E-state index contributed by atoms with van der Waals surface area (Å²) in [6.45, 7) is -1.06. The van der Waals surface area contributed by atoms with Gasteiger partial charge in [-0.25, -0.2) is 0 Å². The van der Waals surface area contributed by atoms with Crippen LogP contribution in [-0.4, -0.2) is 98.8 Å². The van der Waals surface area contributed by atoms with Crippen LogP contribution in [0.4, 0.5) is 5.69 Å². The maximum atomic E-state index is 12.7. The van der Waals surface area contributed by atoms with Crippen molar-refractivity contribution in [3.63, 3.8) is 0 Å². The van der Waals surface area contributed by atoms with Gasteiger partial charge in [-0.05, 0) is 18.2 Å². The molecular weight excluding hydrogens is 448 g/mol. The number of nitriles is 1. The van der Waals surface area contributed by atoms with E-state index in [1.54, 1.807) is 30.3 Å². The molecule has 3 rings (SSSR count). The molecule has 0 spiro atoms. The molecule has 0 saturated carbocycles. The first-order valence-corrected chi connectivity index (χ1v) is 10.4. The summed E-state index contributed by atoms with van der Waals surface area (Å²) in [5.41, 5.74) is 1.16. The van der Waals surface area contributed by atoms with Crippen molar-refractivity contribution in [3.05, 3.63) is 41.5 Å². The number of nitrogens with zero attached hydrogens (tertiary/aromatic N) is 2. The van der Waals surface area contributed by atoms with Gasteiger partial charge in [-0.1, -0.05) is 12.1 Å². The molecule has 7 N–H and O–H groups in total. The van der Waals surface area contributed by atoms with Crippen molar-refractivity contribution in [1.29, 1.82) is 5.26 Å². The zero-order chi connectivity index (χ0) is 25.0. The molecule has 2 aromatic rings. The molecule has 0 fully saturated rings. The highest BCUT2D eigenvalue weighted by Crippen LogP contribution is 2.34. The lowest BCUT2D eigenvalue weighted by Crippen LogP contribution is -2.52. The van der Waals surface area contributed by atoms with Gasteiger partial charge in [0.15, 0.2) is 6.10 Å². The van der Waals surface area contributed by atoms with Crippen molar-refractivity contribution in [2.75, 3.05) is 31.6 Å². The first-order chi connectivity index (χ1) is 16.2. The summed E-state index contributed by atoms with van der Waals surface area (Å²) in [5.74, 6) is -2.12.